The minimum atomic E-state index is -3.95. The highest BCUT2D eigenvalue weighted by molar-refractivity contribution is 7.90. The molecule has 0 radical (unpaired) electrons. The zero-order chi connectivity index (χ0) is 30.6. The Bertz CT molecular complexity index is 1440. The summed E-state index contributed by atoms with van der Waals surface area (Å²) in [5, 5.41) is 15.2. The van der Waals surface area contributed by atoms with Crippen molar-refractivity contribution in [2.24, 2.45) is 52.3 Å². The zero-order valence-corrected chi connectivity index (χ0v) is 27.3. The van der Waals surface area contributed by atoms with Gasteiger partial charge in [0.15, 0.2) is 0 Å². The van der Waals surface area contributed by atoms with Crippen molar-refractivity contribution in [3.8, 4) is 0 Å². The number of aliphatic hydroxyl groups excluding tert-OH is 1. The molecule has 2 aromatic carbocycles. The van der Waals surface area contributed by atoms with E-state index < -0.39 is 16.1 Å². The van der Waals surface area contributed by atoms with E-state index in [1.54, 1.807) is 18.2 Å². The molecule has 0 saturated heterocycles. The molecule has 0 aromatic heterocycles. The number of amides is 2. The quantitative estimate of drug-likeness (QED) is 0.303. The van der Waals surface area contributed by atoms with E-state index in [9.17, 15) is 18.3 Å². The second-order valence-electron chi connectivity index (χ2n) is 15.2. The van der Waals surface area contributed by atoms with Crippen LogP contribution in [0.2, 0.25) is 0 Å². The first-order valence-electron chi connectivity index (χ1n) is 16.9. The third-order valence-corrected chi connectivity index (χ3v) is 14.6. The van der Waals surface area contributed by atoms with E-state index in [1.807, 2.05) is 24.3 Å². The fourth-order valence-electron chi connectivity index (χ4n) is 11.1. The zero-order valence-electron chi connectivity index (χ0n) is 26.5. The Hall–Kier alpha value is -2.12. The van der Waals surface area contributed by atoms with Crippen LogP contribution in [0.3, 0.4) is 0 Å². The topological polar surface area (TPSA) is 95.5 Å². The van der Waals surface area contributed by atoms with Crippen molar-refractivity contribution in [3.05, 3.63) is 42.5 Å². The van der Waals surface area contributed by atoms with Crippen LogP contribution in [0.5, 0.6) is 0 Å². The highest BCUT2D eigenvalue weighted by Crippen LogP contribution is 2.69. The van der Waals surface area contributed by atoms with Gasteiger partial charge in [0.2, 0.25) is 0 Å². The molecule has 2 aromatic rings. The summed E-state index contributed by atoms with van der Waals surface area (Å²) in [5.41, 5.74) is 0.705. The van der Waals surface area contributed by atoms with E-state index in [2.05, 4.69) is 37.7 Å². The summed E-state index contributed by atoms with van der Waals surface area (Å²) in [5.74, 6) is 4.84. The van der Waals surface area contributed by atoms with E-state index in [1.165, 1.54) is 44.9 Å². The van der Waals surface area contributed by atoms with Gasteiger partial charge in [0.1, 0.15) is 0 Å². The van der Waals surface area contributed by atoms with Crippen molar-refractivity contribution in [2.75, 3.05) is 6.54 Å². The Morgan fingerprint density at radius 3 is 2.44 bits per heavy atom. The molecule has 6 rings (SSSR count). The molecule has 3 N–H and O–H groups in total. The fourth-order valence-corrected chi connectivity index (χ4v) is 12.0. The largest absolute Gasteiger partial charge is 0.393 e. The predicted octanol–water partition coefficient (Wildman–Crippen LogP) is 7.51. The van der Waals surface area contributed by atoms with Crippen LogP contribution in [0.1, 0.15) is 91.9 Å². The van der Waals surface area contributed by atoms with Gasteiger partial charge in [-0.1, -0.05) is 64.4 Å². The minimum absolute atomic E-state index is 0.0906. The van der Waals surface area contributed by atoms with Gasteiger partial charge < -0.3 is 10.4 Å². The van der Waals surface area contributed by atoms with Gasteiger partial charge in [0, 0.05) is 6.54 Å². The van der Waals surface area contributed by atoms with E-state index in [0.717, 1.165) is 53.7 Å². The molecule has 4 aliphatic rings. The average Bonchev–Trinajstić information content (AvgIpc) is 3.34. The summed E-state index contributed by atoms with van der Waals surface area (Å²) in [6.07, 6.45) is 11.6. The third kappa shape index (κ3) is 5.51. The Morgan fingerprint density at radius 2 is 1.67 bits per heavy atom. The van der Waals surface area contributed by atoms with Gasteiger partial charge in [0.25, 0.3) is 10.0 Å². The summed E-state index contributed by atoms with van der Waals surface area (Å²) >= 11 is 0. The third-order valence-electron chi connectivity index (χ3n) is 13.2. The Kier molecular flexibility index (Phi) is 8.38. The van der Waals surface area contributed by atoms with Crippen LogP contribution in [-0.4, -0.2) is 32.2 Å². The molecule has 5 unspecified atom stereocenters. The van der Waals surface area contributed by atoms with Crippen LogP contribution in [0.4, 0.5) is 4.79 Å². The van der Waals surface area contributed by atoms with Crippen LogP contribution < -0.4 is 10.0 Å². The number of aliphatic hydroxyl groups is 1. The maximum absolute atomic E-state index is 12.9. The first-order chi connectivity index (χ1) is 20.5. The van der Waals surface area contributed by atoms with Crippen molar-refractivity contribution in [3.63, 3.8) is 0 Å². The number of hydrogen-bond acceptors (Lipinski definition) is 4. The van der Waals surface area contributed by atoms with E-state index in [-0.39, 0.29) is 11.0 Å². The lowest BCUT2D eigenvalue weighted by atomic mass is 9.42. The minimum Gasteiger partial charge on any atom is -0.393 e. The number of carbonyl (C=O) groups is 1. The molecule has 236 valence electrons. The van der Waals surface area contributed by atoms with Crippen LogP contribution >= 0.6 is 0 Å². The lowest BCUT2D eigenvalue weighted by molar-refractivity contribution is -0.152. The Balaban J connectivity index is 1.06. The molecule has 2 amide bonds. The van der Waals surface area contributed by atoms with Crippen LogP contribution in [0, 0.1) is 52.3 Å². The van der Waals surface area contributed by atoms with Crippen LogP contribution in [0.25, 0.3) is 10.8 Å². The molecular weight excluding hydrogens is 556 g/mol. The highest BCUT2D eigenvalue weighted by Gasteiger charge is 2.62. The highest BCUT2D eigenvalue weighted by atomic mass is 32.2. The van der Waals surface area contributed by atoms with Gasteiger partial charge in [0.05, 0.1) is 11.0 Å². The monoisotopic (exact) mass is 608 g/mol. The summed E-state index contributed by atoms with van der Waals surface area (Å²) in [6.45, 7) is 10.3. The summed E-state index contributed by atoms with van der Waals surface area (Å²) in [7, 11) is -3.95. The van der Waals surface area contributed by atoms with Gasteiger partial charge in [-0.15, -0.1) is 0 Å². The molecule has 0 aliphatic heterocycles. The first kappa shape index (κ1) is 30.9. The molecule has 4 aliphatic carbocycles. The maximum atomic E-state index is 12.9. The Labute approximate surface area is 258 Å². The second kappa shape index (κ2) is 11.7. The number of sulfonamides is 1. The number of hydrogen-bond donors (Lipinski definition) is 3. The summed E-state index contributed by atoms with van der Waals surface area (Å²) < 4.78 is 28.0. The molecule has 0 bridgehead atoms. The van der Waals surface area contributed by atoms with Gasteiger partial charge in [-0.25, -0.2) is 17.9 Å². The molecule has 4 saturated carbocycles. The van der Waals surface area contributed by atoms with Gasteiger partial charge in [-0.05, 0) is 133 Å². The molecule has 4 fully saturated rings. The van der Waals surface area contributed by atoms with Gasteiger partial charge in [-0.3, -0.25) is 0 Å². The van der Waals surface area contributed by atoms with Crippen molar-refractivity contribution in [1.29, 1.82) is 0 Å². The number of rotatable bonds is 7. The molecule has 7 heteroatoms. The van der Waals surface area contributed by atoms with Crippen LogP contribution in [-0.2, 0) is 10.0 Å². The normalized spacial score (nSPS) is 38.0. The smallest absolute Gasteiger partial charge is 0.328 e. The summed E-state index contributed by atoms with van der Waals surface area (Å²) in [6, 6.07) is 11.8. The molecule has 43 heavy (non-hydrogen) atoms. The number of fused-ring (bicyclic) bond motifs is 6. The van der Waals surface area contributed by atoms with Crippen molar-refractivity contribution >= 4 is 26.8 Å². The summed E-state index contributed by atoms with van der Waals surface area (Å²) in [4.78, 5) is 12.7. The van der Waals surface area contributed by atoms with Gasteiger partial charge in [-0.2, -0.15) is 0 Å². The van der Waals surface area contributed by atoms with Crippen molar-refractivity contribution in [1.82, 2.24) is 10.0 Å². The molecular formula is C36H52N2O4S. The average molecular weight is 609 g/mol. The fraction of sp³-hybridized carbons (Fsp3) is 0.694. The predicted molar refractivity (Wildman–Crippen MR) is 172 cm³/mol. The lowest BCUT2D eigenvalue weighted by Gasteiger charge is -2.63. The maximum Gasteiger partial charge on any atom is 0.328 e. The molecule has 0 heterocycles. The van der Waals surface area contributed by atoms with E-state index >= 15 is 0 Å². The SMILES string of the molecule is CC[C@H]1CC2[C@H](CCC3(C)C([C@H](C)CCNC(=O)NS(=O)(=O)c4ccc5ccccc5c4)CC[C@@H]23)C2(C)CC[C@@H](O)CC12. The lowest BCUT2D eigenvalue weighted by Crippen LogP contribution is -2.56. The standard InChI is InChI=1S/C36H52N2O4S/c1-5-24-21-29-31-13-12-30(35(31,3)18-15-32(29)36(4)17-14-27(39)22-33(24)36)23(2)16-19-37-34(40)38-43(41,42)28-11-10-25-8-6-7-9-26(25)20-28/h6-11,20,23-24,27,29-33,39H,5,12-19,21-22H2,1-4H3,(H2,37,38,40)/t23-,24+,27-,29?,30?,31+,32+,33?,35?,36?/m1/s1. The molecule has 0 spiro atoms. The first-order valence-corrected chi connectivity index (χ1v) is 18.4. The van der Waals surface area contributed by atoms with E-state index in [4.69, 9.17) is 0 Å². The van der Waals surface area contributed by atoms with Crippen molar-refractivity contribution in [2.45, 2.75) is 103 Å². The molecule has 6 nitrogen and oxygen atoms in total. The number of benzene rings is 2. The van der Waals surface area contributed by atoms with E-state index in [0.29, 0.717) is 35.1 Å². The Morgan fingerprint density at radius 1 is 0.953 bits per heavy atom. The van der Waals surface area contributed by atoms with Crippen molar-refractivity contribution < 1.29 is 18.3 Å². The van der Waals surface area contributed by atoms with Crippen LogP contribution in [0.15, 0.2) is 47.4 Å². The van der Waals surface area contributed by atoms with Gasteiger partial charge >= 0.3 is 6.03 Å². The second-order valence-corrected chi connectivity index (χ2v) is 16.9. The number of urea groups is 1. The number of nitrogens with one attached hydrogen (secondary N) is 2. The molecule has 10 atom stereocenters. The number of carbonyl (C=O) groups excluding carboxylic acids is 1.